The zero-order chi connectivity index (χ0) is 23.4. The van der Waals surface area contributed by atoms with Gasteiger partial charge in [0.15, 0.2) is 0 Å². The van der Waals surface area contributed by atoms with Crippen LogP contribution in [-0.2, 0) is 24.0 Å². The average Bonchev–Trinajstić information content (AvgIpc) is 2.58. The van der Waals surface area contributed by atoms with Crippen molar-refractivity contribution in [3.8, 4) is 0 Å². The van der Waals surface area contributed by atoms with Crippen LogP contribution in [0.4, 0.5) is 0 Å². The first-order valence-electron chi connectivity index (χ1n) is 7.93. The van der Waals surface area contributed by atoms with Crippen LogP contribution in [0.1, 0.15) is 40.0 Å². The second-order valence-corrected chi connectivity index (χ2v) is 5.24. The molecule has 0 heterocycles. The molecule has 0 bridgehead atoms. The molecule has 0 spiro atoms. The zero-order valence-electron chi connectivity index (χ0n) is 16.1. The molecule has 0 amide bonds. The van der Waals surface area contributed by atoms with Crippen molar-refractivity contribution >= 4 is 29.8 Å². The van der Waals surface area contributed by atoms with Gasteiger partial charge >= 0.3 is 23.9 Å². The third kappa shape index (κ3) is 34.5. The summed E-state index contributed by atoms with van der Waals surface area (Å²) < 4.78 is 0. The van der Waals surface area contributed by atoms with Gasteiger partial charge in [0.1, 0.15) is 12.1 Å². The van der Waals surface area contributed by atoms with Crippen LogP contribution in [-0.4, -0.2) is 74.0 Å². The smallest absolute Gasteiger partial charge is 0.320 e. The number of carboxylic acid groups (broad SMARTS) is 5. The van der Waals surface area contributed by atoms with E-state index in [0.717, 1.165) is 13.3 Å². The number of carbonyl (C=O) groups is 5. The van der Waals surface area contributed by atoms with Crippen molar-refractivity contribution in [3.05, 3.63) is 0 Å². The molecule has 0 aliphatic rings. The Morgan fingerprint density at radius 2 is 1.21 bits per heavy atom. The Hall–Kier alpha value is -2.77. The Morgan fingerprint density at radius 1 is 0.857 bits per heavy atom. The SMILES string of the molecule is CC(=O)O.CC[C@H](C)[C@H](N)C(=O)O.NCC(=O)O.N[C@@H](CCC(=O)O)C(=O)O. The lowest BCUT2D eigenvalue weighted by molar-refractivity contribution is -0.141. The summed E-state index contributed by atoms with van der Waals surface area (Å²) in [4.78, 5) is 48.3. The highest BCUT2D eigenvalue weighted by Gasteiger charge is 2.17. The maximum atomic E-state index is 10.2. The van der Waals surface area contributed by atoms with E-state index < -0.39 is 41.9 Å². The summed E-state index contributed by atoms with van der Waals surface area (Å²) in [5.74, 6) is -4.84. The van der Waals surface area contributed by atoms with E-state index in [1.165, 1.54) is 0 Å². The first kappa shape index (κ1) is 32.9. The lowest BCUT2D eigenvalue weighted by Gasteiger charge is -2.11. The van der Waals surface area contributed by atoms with E-state index in [1.807, 2.05) is 13.8 Å². The van der Waals surface area contributed by atoms with Gasteiger partial charge in [-0.05, 0) is 12.3 Å². The molecular formula is C15H31N3O10. The predicted molar refractivity (Wildman–Crippen MR) is 97.5 cm³/mol. The fraction of sp³-hybridized carbons (Fsp3) is 0.667. The molecule has 0 saturated heterocycles. The number of hydrogen-bond acceptors (Lipinski definition) is 8. The summed E-state index contributed by atoms with van der Waals surface area (Å²) in [6.45, 7) is 4.56. The Labute approximate surface area is 162 Å². The Balaban J connectivity index is -0.000000146. The maximum Gasteiger partial charge on any atom is 0.320 e. The van der Waals surface area contributed by atoms with E-state index in [4.69, 9.17) is 41.8 Å². The summed E-state index contributed by atoms with van der Waals surface area (Å²) in [6.07, 6.45) is 0.589. The van der Waals surface area contributed by atoms with E-state index in [9.17, 15) is 19.2 Å². The van der Waals surface area contributed by atoms with Crippen molar-refractivity contribution in [1.29, 1.82) is 0 Å². The van der Waals surface area contributed by atoms with Crippen molar-refractivity contribution in [1.82, 2.24) is 0 Å². The Bertz CT molecular complexity index is 481. The fourth-order valence-electron chi connectivity index (χ4n) is 0.900. The van der Waals surface area contributed by atoms with Gasteiger partial charge in [-0.3, -0.25) is 24.0 Å². The zero-order valence-corrected chi connectivity index (χ0v) is 16.1. The van der Waals surface area contributed by atoms with Crippen molar-refractivity contribution in [2.24, 2.45) is 23.1 Å². The van der Waals surface area contributed by atoms with Crippen molar-refractivity contribution < 1.29 is 49.5 Å². The van der Waals surface area contributed by atoms with E-state index in [1.54, 1.807) is 0 Å². The fourth-order valence-corrected chi connectivity index (χ4v) is 0.900. The molecule has 0 aliphatic heterocycles. The second-order valence-electron chi connectivity index (χ2n) is 5.24. The molecule has 0 radical (unpaired) electrons. The van der Waals surface area contributed by atoms with E-state index >= 15 is 0 Å². The Kier molecular flexibility index (Phi) is 24.1. The third-order valence-corrected chi connectivity index (χ3v) is 2.70. The molecule has 13 nitrogen and oxygen atoms in total. The molecule has 0 aliphatic carbocycles. The highest BCUT2D eigenvalue weighted by Crippen LogP contribution is 2.04. The number of nitrogens with two attached hydrogens (primary N) is 3. The lowest BCUT2D eigenvalue weighted by atomic mass is 10.0. The first-order chi connectivity index (χ1) is 12.6. The van der Waals surface area contributed by atoms with Gasteiger partial charge in [-0.15, -0.1) is 0 Å². The minimum Gasteiger partial charge on any atom is -0.481 e. The number of rotatable bonds is 8. The van der Waals surface area contributed by atoms with E-state index in [2.05, 4.69) is 5.73 Å². The number of carboxylic acids is 5. The van der Waals surface area contributed by atoms with Crippen LogP contribution < -0.4 is 17.2 Å². The molecule has 0 aromatic rings. The molecule has 0 fully saturated rings. The van der Waals surface area contributed by atoms with Gasteiger partial charge in [0.05, 0.1) is 6.54 Å². The molecule has 13 heteroatoms. The van der Waals surface area contributed by atoms with Crippen LogP contribution >= 0.6 is 0 Å². The summed E-state index contributed by atoms with van der Waals surface area (Å²) in [6, 6.07) is -1.76. The molecule has 166 valence electrons. The highest BCUT2D eigenvalue weighted by atomic mass is 16.4. The van der Waals surface area contributed by atoms with Gasteiger partial charge in [-0.2, -0.15) is 0 Å². The molecule has 0 saturated carbocycles. The van der Waals surface area contributed by atoms with Crippen LogP contribution in [0.5, 0.6) is 0 Å². The van der Waals surface area contributed by atoms with E-state index in [0.29, 0.717) is 0 Å². The topological polar surface area (TPSA) is 265 Å². The van der Waals surface area contributed by atoms with Gasteiger partial charge in [-0.25, -0.2) is 0 Å². The van der Waals surface area contributed by atoms with Crippen LogP contribution in [0.15, 0.2) is 0 Å². The lowest BCUT2D eigenvalue weighted by Crippen LogP contribution is -2.36. The molecular weight excluding hydrogens is 382 g/mol. The monoisotopic (exact) mass is 413 g/mol. The molecule has 0 aromatic carbocycles. The van der Waals surface area contributed by atoms with Crippen LogP contribution in [0.25, 0.3) is 0 Å². The third-order valence-electron chi connectivity index (χ3n) is 2.70. The molecule has 11 N–H and O–H groups in total. The first-order valence-corrected chi connectivity index (χ1v) is 7.93. The molecule has 3 atom stereocenters. The van der Waals surface area contributed by atoms with E-state index in [-0.39, 0.29) is 25.3 Å². The van der Waals surface area contributed by atoms with Crippen molar-refractivity contribution in [3.63, 3.8) is 0 Å². The maximum absolute atomic E-state index is 10.2. The average molecular weight is 413 g/mol. The quantitative estimate of drug-likeness (QED) is 0.233. The minimum absolute atomic E-state index is 0.0231. The molecule has 0 aromatic heterocycles. The van der Waals surface area contributed by atoms with Gasteiger partial charge in [0.2, 0.25) is 0 Å². The van der Waals surface area contributed by atoms with Crippen LogP contribution in [0.2, 0.25) is 0 Å². The highest BCUT2D eigenvalue weighted by molar-refractivity contribution is 5.74. The summed E-state index contributed by atoms with van der Waals surface area (Å²) in [5, 5.41) is 39.6. The predicted octanol–water partition coefficient (Wildman–Crippen LogP) is -1.17. The summed E-state index contributed by atoms with van der Waals surface area (Å²) in [7, 11) is 0. The number of hydrogen-bond donors (Lipinski definition) is 8. The van der Waals surface area contributed by atoms with Gasteiger partial charge < -0.3 is 42.7 Å². The normalized spacial score (nSPS) is 12.1. The van der Waals surface area contributed by atoms with Crippen molar-refractivity contribution in [2.45, 2.75) is 52.1 Å². The minimum atomic E-state index is -1.17. The molecule has 0 rings (SSSR count). The van der Waals surface area contributed by atoms with Gasteiger partial charge in [0.25, 0.3) is 5.97 Å². The number of aliphatic carboxylic acids is 5. The molecule has 0 unspecified atom stereocenters. The standard InChI is InChI=1S/C6H13NO2.C5H9NO4.C2H5NO2.C2H4O2/c1-3-4(2)5(7)6(8)9;6-3(5(9)10)1-2-4(7)8;3-1-2(4)5;1-2(3)4/h4-5H,3,7H2,1-2H3,(H,8,9);3H,1-2,6H2,(H,7,8)(H,9,10);1,3H2,(H,4,5);1H3,(H,3,4)/t4-,5-;3-;;/m00../s1. The summed E-state index contributed by atoms with van der Waals surface area (Å²) >= 11 is 0. The summed E-state index contributed by atoms with van der Waals surface area (Å²) in [5.41, 5.74) is 14.8. The largest absolute Gasteiger partial charge is 0.481 e. The second kappa shape index (κ2) is 20.5. The van der Waals surface area contributed by atoms with Gasteiger partial charge in [-0.1, -0.05) is 20.3 Å². The molecule has 28 heavy (non-hydrogen) atoms. The van der Waals surface area contributed by atoms with Crippen molar-refractivity contribution in [2.75, 3.05) is 6.54 Å². The van der Waals surface area contributed by atoms with Gasteiger partial charge in [0, 0.05) is 13.3 Å². The van der Waals surface area contributed by atoms with Crippen LogP contribution in [0, 0.1) is 5.92 Å². The Morgan fingerprint density at radius 3 is 1.36 bits per heavy atom. The van der Waals surface area contributed by atoms with Crippen LogP contribution in [0.3, 0.4) is 0 Å².